The molecule has 0 radical (unpaired) electrons. The molecule has 1 saturated carbocycles. The first-order valence-electron chi connectivity index (χ1n) is 7.75. The third kappa shape index (κ3) is 3.12. The van der Waals surface area contributed by atoms with Crippen molar-refractivity contribution in [2.75, 3.05) is 13.7 Å². The average Bonchev–Trinajstić information content (AvgIpc) is 3.18. The Bertz CT molecular complexity index is 693. The highest BCUT2D eigenvalue weighted by molar-refractivity contribution is 6.00. The molecule has 0 aliphatic heterocycles. The largest absolute Gasteiger partial charge is 0.382 e. The summed E-state index contributed by atoms with van der Waals surface area (Å²) in [6, 6.07) is 6.33. The van der Waals surface area contributed by atoms with Crippen molar-refractivity contribution >= 4 is 5.91 Å². The third-order valence-electron chi connectivity index (χ3n) is 4.39. The van der Waals surface area contributed by atoms with Crippen LogP contribution >= 0.6 is 0 Å². The monoisotopic (exact) mass is 317 g/mol. The van der Waals surface area contributed by atoms with Crippen LogP contribution in [0.5, 0.6) is 0 Å². The van der Waals surface area contributed by atoms with Crippen LogP contribution in [0, 0.1) is 5.82 Å². The Kier molecular flexibility index (Phi) is 4.43. The van der Waals surface area contributed by atoms with Gasteiger partial charge in [0.15, 0.2) is 0 Å². The van der Waals surface area contributed by atoms with Gasteiger partial charge >= 0.3 is 0 Å². The van der Waals surface area contributed by atoms with Gasteiger partial charge in [0.25, 0.3) is 5.91 Å². The van der Waals surface area contributed by atoms with Gasteiger partial charge in [0.1, 0.15) is 5.82 Å². The van der Waals surface area contributed by atoms with E-state index in [1.54, 1.807) is 25.3 Å². The maximum Gasteiger partial charge on any atom is 0.255 e. The highest BCUT2D eigenvalue weighted by Gasteiger charge is 2.36. The van der Waals surface area contributed by atoms with Gasteiger partial charge in [0, 0.05) is 12.7 Å². The zero-order chi connectivity index (χ0) is 16.3. The second kappa shape index (κ2) is 6.50. The van der Waals surface area contributed by atoms with E-state index in [1.165, 1.54) is 12.3 Å². The van der Waals surface area contributed by atoms with Crippen LogP contribution in [0.1, 0.15) is 36.0 Å². The summed E-state index contributed by atoms with van der Waals surface area (Å²) in [5.74, 6) is -0.644. The van der Waals surface area contributed by atoms with E-state index in [1.807, 2.05) is 0 Å². The smallest absolute Gasteiger partial charge is 0.255 e. The molecular weight excluding hydrogens is 297 g/mol. The van der Waals surface area contributed by atoms with E-state index in [9.17, 15) is 9.18 Å². The Balaban J connectivity index is 1.87. The number of amides is 1. The summed E-state index contributed by atoms with van der Waals surface area (Å²) < 4.78 is 19.3. The number of methoxy groups -OCH3 is 1. The number of nitrogens with one attached hydrogen (secondary N) is 2. The minimum atomic E-state index is -0.390. The molecule has 0 atom stereocenters. The van der Waals surface area contributed by atoms with E-state index >= 15 is 0 Å². The average molecular weight is 317 g/mol. The number of rotatable bonds is 5. The number of benzene rings is 1. The molecule has 2 aromatic rings. The third-order valence-corrected chi connectivity index (χ3v) is 4.39. The van der Waals surface area contributed by atoms with Crippen molar-refractivity contribution in [1.82, 2.24) is 15.5 Å². The number of ether oxygens (including phenoxy) is 1. The second-order valence-corrected chi connectivity index (χ2v) is 6.01. The molecule has 1 heterocycles. The fourth-order valence-corrected chi connectivity index (χ4v) is 3.27. The maximum absolute atomic E-state index is 14.0. The Hall–Kier alpha value is -2.21. The van der Waals surface area contributed by atoms with Gasteiger partial charge in [-0.15, -0.1) is 0 Å². The van der Waals surface area contributed by atoms with Gasteiger partial charge in [0.2, 0.25) is 0 Å². The molecule has 1 fully saturated rings. The highest BCUT2D eigenvalue weighted by atomic mass is 19.1. The predicted octanol–water partition coefficient (Wildman–Crippen LogP) is 2.90. The summed E-state index contributed by atoms with van der Waals surface area (Å²) in [5, 5.41) is 9.73. The first-order valence-corrected chi connectivity index (χ1v) is 7.75. The molecule has 1 amide bonds. The second-order valence-electron chi connectivity index (χ2n) is 6.01. The van der Waals surface area contributed by atoms with E-state index in [4.69, 9.17) is 4.74 Å². The van der Waals surface area contributed by atoms with Gasteiger partial charge < -0.3 is 10.1 Å². The molecule has 1 aromatic carbocycles. The van der Waals surface area contributed by atoms with E-state index in [-0.39, 0.29) is 11.4 Å². The zero-order valence-corrected chi connectivity index (χ0v) is 13.1. The Morgan fingerprint density at radius 2 is 2.13 bits per heavy atom. The van der Waals surface area contributed by atoms with Crippen molar-refractivity contribution in [2.24, 2.45) is 0 Å². The van der Waals surface area contributed by atoms with E-state index in [0.717, 1.165) is 25.7 Å². The van der Waals surface area contributed by atoms with Crippen LogP contribution in [0.15, 0.2) is 30.5 Å². The van der Waals surface area contributed by atoms with Gasteiger partial charge in [-0.05, 0) is 25.0 Å². The molecule has 122 valence electrons. The van der Waals surface area contributed by atoms with Crippen LogP contribution in [0.25, 0.3) is 11.3 Å². The van der Waals surface area contributed by atoms with Crippen molar-refractivity contribution in [2.45, 2.75) is 31.2 Å². The summed E-state index contributed by atoms with van der Waals surface area (Å²) >= 11 is 0. The van der Waals surface area contributed by atoms with Crippen LogP contribution in [0.3, 0.4) is 0 Å². The number of nitrogens with zero attached hydrogens (tertiary/aromatic N) is 1. The molecule has 23 heavy (non-hydrogen) atoms. The van der Waals surface area contributed by atoms with Gasteiger partial charge in [-0.25, -0.2) is 4.39 Å². The number of hydrogen-bond donors (Lipinski definition) is 2. The molecule has 0 spiro atoms. The molecule has 0 unspecified atom stereocenters. The number of aromatic amines is 1. The molecule has 5 nitrogen and oxygen atoms in total. The molecule has 1 aromatic heterocycles. The number of carbonyl (C=O) groups is 1. The van der Waals surface area contributed by atoms with Gasteiger partial charge in [-0.3, -0.25) is 9.89 Å². The van der Waals surface area contributed by atoms with Crippen LogP contribution in [-0.2, 0) is 4.74 Å². The van der Waals surface area contributed by atoms with Crippen LogP contribution in [0.4, 0.5) is 4.39 Å². The molecule has 0 bridgehead atoms. The standard InChI is InChI=1S/C17H20FN3O2/c1-23-11-17(8-4-5-9-17)20-16(22)13-10-19-21-15(13)12-6-2-3-7-14(12)18/h2-3,6-7,10H,4-5,8-9,11H2,1H3,(H,19,21)(H,20,22). The Morgan fingerprint density at radius 3 is 2.83 bits per heavy atom. The molecule has 1 aliphatic rings. The fraction of sp³-hybridized carbons (Fsp3) is 0.412. The SMILES string of the molecule is COCC1(NC(=O)c2cn[nH]c2-c2ccccc2F)CCCC1. The maximum atomic E-state index is 14.0. The van der Waals surface area contributed by atoms with Crippen molar-refractivity contribution in [3.05, 3.63) is 41.8 Å². The lowest BCUT2D eigenvalue weighted by atomic mass is 9.97. The summed E-state index contributed by atoms with van der Waals surface area (Å²) in [4.78, 5) is 12.7. The highest BCUT2D eigenvalue weighted by Crippen LogP contribution is 2.31. The molecule has 6 heteroatoms. The first kappa shape index (κ1) is 15.7. The van der Waals surface area contributed by atoms with E-state index in [0.29, 0.717) is 23.4 Å². The molecular formula is C17H20FN3O2. The van der Waals surface area contributed by atoms with Crippen molar-refractivity contribution in [3.8, 4) is 11.3 Å². The Labute approximate surface area is 134 Å². The van der Waals surface area contributed by atoms with Gasteiger partial charge in [-0.1, -0.05) is 25.0 Å². The van der Waals surface area contributed by atoms with Gasteiger partial charge in [0.05, 0.1) is 29.6 Å². The van der Waals surface area contributed by atoms with Crippen molar-refractivity contribution < 1.29 is 13.9 Å². The van der Waals surface area contributed by atoms with Crippen molar-refractivity contribution in [3.63, 3.8) is 0 Å². The Morgan fingerprint density at radius 1 is 1.39 bits per heavy atom. The molecule has 2 N–H and O–H groups in total. The number of aromatic nitrogens is 2. The van der Waals surface area contributed by atoms with Crippen LogP contribution in [-0.4, -0.2) is 35.4 Å². The van der Waals surface area contributed by atoms with Crippen LogP contribution < -0.4 is 5.32 Å². The summed E-state index contributed by atoms with van der Waals surface area (Å²) in [5.41, 5.74) is 0.737. The lowest BCUT2D eigenvalue weighted by Crippen LogP contribution is -2.49. The lowest BCUT2D eigenvalue weighted by Gasteiger charge is -2.29. The fourth-order valence-electron chi connectivity index (χ4n) is 3.27. The van der Waals surface area contributed by atoms with Crippen molar-refractivity contribution in [1.29, 1.82) is 0 Å². The van der Waals surface area contributed by atoms with Crippen LogP contribution in [0.2, 0.25) is 0 Å². The number of hydrogen-bond acceptors (Lipinski definition) is 3. The predicted molar refractivity (Wildman–Crippen MR) is 84.5 cm³/mol. The summed E-state index contributed by atoms with van der Waals surface area (Å²) in [6.07, 6.45) is 5.34. The van der Waals surface area contributed by atoms with Gasteiger partial charge in [-0.2, -0.15) is 5.10 Å². The van der Waals surface area contributed by atoms with E-state index in [2.05, 4.69) is 15.5 Å². The number of carbonyl (C=O) groups excluding carboxylic acids is 1. The summed E-state index contributed by atoms with van der Waals surface area (Å²) in [6.45, 7) is 0.478. The summed E-state index contributed by atoms with van der Waals surface area (Å²) in [7, 11) is 1.63. The number of H-pyrrole nitrogens is 1. The lowest BCUT2D eigenvalue weighted by molar-refractivity contribution is 0.0768. The molecule has 3 rings (SSSR count). The quantitative estimate of drug-likeness (QED) is 0.891. The zero-order valence-electron chi connectivity index (χ0n) is 13.1. The van der Waals surface area contributed by atoms with E-state index < -0.39 is 5.82 Å². The normalized spacial score (nSPS) is 16.4. The molecule has 1 aliphatic carbocycles. The first-order chi connectivity index (χ1) is 11.2. The molecule has 0 saturated heterocycles. The minimum absolute atomic E-state index is 0.254. The topological polar surface area (TPSA) is 67.0 Å². The number of halogens is 1. The minimum Gasteiger partial charge on any atom is -0.382 e.